The first kappa shape index (κ1) is 28.5. The SMILES string of the molecule is CC#CC[C@H](N)C(=O)N[C@@H](Cc1ccccc1)[C@H](O)CC(CC(C)C)S(=O)(=O)c1ccc2c(c1)OCO2. The van der Waals surface area contributed by atoms with Gasteiger partial charge >= 0.3 is 0 Å². The highest BCUT2D eigenvalue weighted by molar-refractivity contribution is 7.92. The molecule has 0 aliphatic carbocycles. The van der Waals surface area contributed by atoms with Gasteiger partial charge in [0.1, 0.15) is 0 Å². The second kappa shape index (κ2) is 13.0. The number of hydrogen-bond donors (Lipinski definition) is 3. The number of benzene rings is 2. The molecule has 1 aliphatic heterocycles. The minimum atomic E-state index is -3.83. The summed E-state index contributed by atoms with van der Waals surface area (Å²) < 4.78 is 38.1. The average molecular weight is 529 g/mol. The van der Waals surface area contributed by atoms with E-state index in [1.54, 1.807) is 13.0 Å². The first-order chi connectivity index (χ1) is 17.6. The van der Waals surface area contributed by atoms with Gasteiger partial charge in [-0.05, 0) is 49.8 Å². The summed E-state index contributed by atoms with van der Waals surface area (Å²) in [4.78, 5) is 12.9. The van der Waals surface area contributed by atoms with Crippen LogP contribution in [0.3, 0.4) is 0 Å². The molecule has 0 bridgehead atoms. The second-order valence-corrected chi connectivity index (χ2v) is 11.9. The van der Waals surface area contributed by atoms with Crippen molar-refractivity contribution in [1.29, 1.82) is 0 Å². The van der Waals surface area contributed by atoms with Crippen molar-refractivity contribution >= 4 is 15.7 Å². The van der Waals surface area contributed by atoms with Crippen LogP contribution in [0.5, 0.6) is 11.5 Å². The van der Waals surface area contributed by atoms with Crippen LogP contribution in [-0.2, 0) is 21.1 Å². The summed E-state index contributed by atoms with van der Waals surface area (Å²) >= 11 is 0. The van der Waals surface area contributed by atoms with Crippen LogP contribution in [0, 0.1) is 17.8 Å². The molecule has 4 atom stereocenters. The van der Waals surface area contributed by atoms with E-state index in [4.69, 9.17) is 15.2 Å². The highest BCUT2D eigenvalue weighted by atomic mass is 32.2. The van der Waals surface area contributed by atoms with Crippen LogP contribution in [0.2, 0.25) is 0 Å². The zero-order chi connectivity index (χ0) is 27.0. The first-order valence-electron chi connectivity index (χ1n) is 12.4. The molecule has 1 amide bonds. The molecule has 0 radical (unpaired) electrons. The van der Waals surface area contributed by atoms with E-state index < -0.39 is 39.2 Å². The highest BCUT2D eigenvalue weighted by Crippen LogP contribution is 2.36. The fraction of sp³-hybridized carbons (Fsp3) is 0.464. The minimum absolute atomic E-state index is 0.0415. The summed E-state index contributed by atoms with van der Waals surface area (Å²) in [6.45, 7) is 5.58. The molecule has 1 unspecified atom stereocenters. The second-order valence-electron chi connectivity index (χ2n) is 9.66. The Morgan fingerprint density at radius 1 is 1.11 bits per heavy atom. The quantitative estimate of drug-likeness (QED) is 0.362. The van der Waals surface area contributed by atoms with Crippen molar-refractivity contribution in [2.45, 2.75) is 74.8 Å². The third-order valence-corrected chi connectivity index (χ3v) is 8.45. The number of amides is 1. The zero-order valence-corrected chi connectivity index (χ0v) is 22.3. The van der Waals surface area contributed by atoms with E-state index in [1.165, 1.54) is 12.1 Å². The van der Waals surface area contributed by atoms with Gasteiger partial charge in [0.05, 0.1) is 28.3 Å². The molecular formula is C28H36N2O6S. The van der Waals surface area contributed by atoms with Crippen LogP contribution in [0.15, 0.2) is 53.4 Å². The van der Waals surface area contributed by atoms with Gasteiger partial charge in [-0.25, -0.2) is 8.42 Å². The number of hydrogen-bond acceptors (Lipinski definition) is 7. The maximum atomic E-state index is 13.7. The lowest BCUT2D eigenvalue weighted by Crippen LogP contribution is -2.51. The minimum Gasteiger partial charge on any atom is -0.454 e. The largest absolute Gasteiger partial charge is 0.454 e. The predicted octanol–water partition coefficient (Wildman–Crippen LogP) is 2.82. The third-order valence-electron chi connectivity index (χ3n) is 6.28. The van der Waals surface area contributed by atoms with Gasteiger partial charge in [-0.2, -0.15) is 0 Å². The number of aliphatic hydroxyl groups excluding tert-OH is 1. The van der Waals surface area contributed by atoms with Crippen molar-refractivity contribution in [3.8, 4) is 23.3 Å². The van der Waals surface area contributed by atoms with Crippen LogP contribution < -0.4 is 20.5 Å². The molecule has 4 N–H and O–H groups in total. The average Bonchev–Trinajstić information content (AvgIpc) is 3.34. The van der Waals surface area contributed by atoms with Crippen LogP contribution in [0.1, 0.15) is 45.6 Å². The molecule has 2 aromatic rings. The fourth-order valence-corrected chi connectivity index (χ4v) is 6.30. The molecule has 8 nitrogen and oxygen atoms in total. The molecule has 1 heterocycles. The normalized spacial score (nSPS) is 15.8. The lowest BCUT2D eigenvalue weighted by molar-refractivity contribution is -0.123. The smallest absolute Gasteiger partial charge is 0.238 e. The molecule has 2 aromatic carbocycles. The molecule has 0 fully saturated rings. The highest BCUT2D eigenvalue weighted by Gasteiger charge is 2.34. The van der Waals surface area contributed by atoms with Crippen molar-refractivity contribution < 1.29 is 27.8 Å². The Morgan fingerprint density at radius 3 is 2.49 bits per heavy atom. The molecule has 1 aliphatic rings. The van der Waals surface area contributed by atoms with Crippen molar-refractivity contribution in [3.05, 3.63) is 54.1 Å². The van der Waals surface area contributed by atoms with Crippen molar-refractivity contribution in [2.75, 3.05) is 6.79 Å². The van der Waals surface area contributed by atoms with E-state index in [1.807, 2.05) is 44.2 Å². The standard InChI is InChI=1S/C28H36N2O6S/c1-4-5-11-23(29)28(32)30-24(15-20-9-7-6-8-10-20)25(31)16-22(14-19(2)3)37(33,34)21-12-13-26-27(17-21)36-18-35-26/h6-10,12-13,17,19,22-25,31H,11,14-16,18,29H2,1-3H3,(H,30,32)/t22?,23-,24-,25+/m0/s1. The number of ether oxygens (including phenoxy) is 2. The Bertz CT molecular complexity index is 1220. The van der Waals surface area contributed by atoms with Gasteiger partial charge in [-0.1, -0.05) is 44.2 Å². The maximum absolute atomic E-state index is 13.7. The van der Waals surface area contributed by atoms with Crippen molar-refractivity contribution in [3.63, 3.8) is 0 Å². The number of aliphatic hydroxyl groups is 1. The van der Waals surface area contributed by atoms with Crippen molar-refractivity contribution in [2.24, 2.45) is 11.7 Å². The van der Waals surface area contributed by atoms with Crippen LogP contribution in [-0.4, -0.2) is 49.7 Å². The van der Waals surface area contributed by atoms with Gasteiger partial charge in [-0.15, -0.1) is 11.8 Å². The van der Waals surface area contributed by atoms with Gasteiger partial charge in [0, 0.05) is 12.5 Å². The third kappa shape index (κ3) is 7.71. The van der Waals surface area contributed by atoms with E-state index in [2.05, 4.69) is 17.2 Å². The molecule has 37 heavy (non-hydrogen) atoms. The number of carbonyl (C=O) groups is 1. The van der Waals surface area contributed by atoms with Gasteiger partial charge in [0.15, 0.2) is 21.3 Å². The fourth-order valence-electron chi connectivity index (χ4n) is 4.30. The molecular weight excluding hydrogens is 492 g/mol. The van der Waals surface area contributed by atoms with E-state index in [9.17, 15) is 18.3 Å². The van der Waals surface area contributed by atoms with Gasteiger partial charge in [0.2, 0.25) is 12.7 Å². The van der Waals surface area contributed by atoms with E-state index in [0.29, 0.717) is 24.3 Å². The van der Waals surface area contributed by atoms with E-state index in [0.717, 1.165) is 5.56 Å². The molecule has 0 aromatic heterocycles. The van der Waals surface area contributed by atoms with Gasteiger partial charge in [0.25, 0.3) is 0 Å². The molecule has 9 heteroatoms. The Hall–Kier alpha value is -3.06. The molecule has 0 spiro atoms. The van der Waals surface area contributed by atoms with Gasteiger partial charge in [-0.3, -0.25) is 4.79 Å². The molecule has 0 saturated heterocycles. The van der Waals surface area contributed by atoms with E-state index in [-0.39, 0.29) is 30.4 Å². The number of rotatable bonds is 12. The summed E-state index contributed by atoms with van der Waals surface area (Å²) in [6, 6.07) is 12.4. The number of carbonyl (C=O) groups excluding carboxylic acids is 1. The first-order valence-corrected chi connectivity index (χ1v) is 14.0. The van der Waals surface area contributed by atoms with Crippen LogP contribution >= 0.6 is 0 Å². The summed E-state index contributed by atoms with van der Waals surface area (Å²) in [5.41, 5.74) is 6.88. The molecule has 0 saturated carbocycles. The monoisotopic (exact) mass is 528 g/mol. The molecule has 200 valence electrons. The lowest BCUT2D eigenvalue weighted by Gasteiger charge is -2.29. The maximum Gasteiger partial charge on any atom is 0.238 e. The predicted molar refractivity (Wildman–Crippen MR) is 142 cm³/mol. The number of fused-ring (bicyclic) bond motifs is 1. The van der Waals surface area contributed by atoms with Crippen LogP contribution in [0.4, 0.5) is 0 Å². The summed E-state index contributed by atoms with van der Waals surface area (Å²) in [5, 5.41) is 13.3. The van der Waals surface area contributed by atoms with Crippen LogP contribution in [0.25, 0.3) is 0 Å². The Morgan fingerprint density at radius 2 is 1.81 bits per heavy atom. The van der Waals surface area contributed by atoms with E-state index >= 15 is 0 Å². The topological polar surface area (TPSA) is 128 Å². The Balaban J connectivity index is 1.85. The Labute approximate surface area is 219 Å². The number of sulfone groups is 1. The summed E-state index contributed by atoms with van der Waals surface area (Å²) in [5.74, 6) is 6.00. The summed E-state index contributed by atoms with van der Waals surface area (Å²) in [6.07, 6.45) is -0.355. The zero-order valence-electron chi connectivity index (χ0n) is 21.5. The molecule has 3 rings (SSSR count). The summed E-state index contributed by atoms with van der Waals surface area (Å²) in [7, 11) is -3.83. The Kier molecular flexibility index (Phi) is 9.98. The van der Waals surface area contributed by atoms with Gasteiger partial charge < -0.3 is 25.6 Å². The van der Waals surface area contributed by atoms with Crippen molar-refractivity contribution in [1.82, 2.24) is 5.32 Å². The number of nitrogens with two attached hydrogens (primary N) is 1. The lowest BCUT2D eigenvalue weighted by atomic mass is 9.95. The number of nitrogens with one attached hydrogen (secondary N) is 1.